The summed E-state index contributed by atoms with van der Waals surface area (Å²) < 4.78 is 56.9. The molecule has 1 aliphatic rings. The van der Waals surface area contributed by atoms with Crippen LogP contribution < -0.4 is 0 Å². The second-order valence-corrected chi connectivity index (χ2v) is 14.0. The van der Waals surface area contributed by atoms with Crippen molar-refractivity contribution in [3.8, 4) is 11.1 Å². The molecule has 2 aromatic carbocycles. The van der Waals surface area contributed by atoms with Crippen molar-refractivity contribution < 1.29 is 26.2 Å². The van der Waals surface area contributed by atoms with E-state index in [1.165, 1.54) is 11.1 Å². The Balaban J connectivity index is 1.68. The smallest absolute Gasteiger partial charge is 0.308 e. The highest BCUT2D eigenvalue weighted by Gasteiger charge is 2.46. The van der Waals surface area contributed by atoms with Gasteiger partial charge < -0.3 is 9.05 Å². The van der Waals surface area contributed by atoms with Gasteiger partial charge >= 0.3 is 7.60 Å². The van der Waals surface area contributed by atoms with Crippen LogP contribution in [0.15, 0.2) is 48.5 Å². The molecule has 0 aromatic heterocycles. The monoisotopic (exact) mass is 550 g/mol. The maximum Gasteiger partial charge on any atom is 0.351 e. The van der Waals surface area contributed by atoms with Crippen LogP contribution in [-0.2, 0) is 40.8 Å². The predicted octanol–water partition coefficient (Wildman–Crippen LogP) is 7.90. The maximum atomic E-state index is 13.6. The topological polar surface area (TPSA) is 78.9 Å². The van der Waals surface area contributed by atoms with E-state index >= 15 is 0 Å². The maximum absolute atomic E-state index is 13.6. The fourth-order valence-corrected chi connectivity index (χ4v) is 9.50. The summed E-state index contributed by atoms with van der Waals surface area (Å²) in [5.74, 6) is 0. The molecule has 0 spiro atoms. The van der Waals surface area contributed by atoms with Crippen LogP contribution in [-0.4, -0.2) is 32.7 Å². The molecule has 6 nitrogen and oxygen atoms in total. The van der Waals surface area contributed by atoms with Gasteiger partial charge in [-0.05, 0) is 74.6 Å². The standard InChI is InChI=1S/C29H43O6PS/c1-4-11-24-16-20-26(21-17-24)27-22-18-25(19-23-27)12-10-15-29(36(30,33-5-2)34-6-3)37(31,32)35-28-13-8-7-9-14-28/h16-23,28-29H,4-15H2,1-3H3. The second-order valence-electron chi connectivity index (χ2n) is 9.72. The Morgan fingerprint density at radius 1 is 0.811 bits per heavy atom. The van der Waals surface area contributed by atoms with Crippen LogP contribution in [0.2, 0.25) is 0 Å². The minimum Gasteiger partial charge on any atom is -0.308 e. The molecule has 8 heteroatoms. The van der Waals surface area contributed by atoms with Gasteiger partial charge in [-0.15, -0.1) is 0 Å². The van der Waals surface area contributed by atoms with Gasteiger partial charge in [0.05, 0.1) is 19.3 Å². The summed E-state index contributed by atoms with van der Waals surface area (Å²) >= 11 is 0. The van der Waals surface area contributed by atoms with Gasteiger partial charge in [0.2, 0.25) is 0 Å². The summed E-state index contributed by atoms with van der Waals surface area (Å²) in [6.07, 6.45) is 7.55. The highest BCUT2D eigenvalue weighted by Crippen LogP contribution is 2.57. The Morgan fingerprint density at radius 3 is 1.81 bits per heavy atom. The lowest BCUT2D eigenvalue weighted by Crippen LogP contribution is -2.31. The molecule has 0 bridgehead atoms. The highest BCUT2D eigenvalue weighted by molar-refractivity contribution is 7.94. The Kier molecular flexibility index (Phi) is 11.9. The normalized spacial score (nSPS) is 16.1. The van der Waals surface area contributed by atoms with E-state index in [0.717, 1.165) is 43.2 Å². The average molecular weight is 551 g/mol. The minimum absolute atomic E-state index is 0.105. The van der Waals surface area contributed by atoms with E-state index in [0.29, 0.717) is 25.7 Å². The second kappa shape index (κ2) is 14.6. The van der Waals surface area contributed by atoms with Gasteiger partial charge in [-0.1, -0.05) is 81.1 Å². The van der Waals surface area contributed by atoms with E-state index in [-0.39, 0.29) is 25.7 Å². The third-order valence-corrected chi connectivity index (χ3v) is 12.0. The van der Waals surface area contributed by atoms with Gasteiger partial charge in [0.1, 0.15) is 0 Å². The largest absolute Gasteiger partial charge is 0.351 e. The molecule has 206 valence electrons. The SMILES string of the molecule is CCCc1ccc(-c2ccc(CCCC(P(=O)(OCC)OCC)S(=O)(=O)OC3CCCCC3)cc2)cc1. The van der Waals surface area contributed by atoms with E-state index in [1.807, 2.05) is 0 Å². The zero-order chi connectivity index (χ0) is 26.7. The molecule has 1 atom stereocenters. The summed E-state index contributed by atoms with van der Waals surface area (Å²) in [5, 5.41) is 0. The van der Waals surface area contributed by atoms with Crippen molar-refractivity contribution in [1.82, 2.24) is 0 Å². The third-order valence-electron chi connectivity index (χ3n) is 6.82. The van der Waals surface area contributed by atoms with Crippen LogP contribution in [0, 0.1) is 0 Å². The lowest BCUT2D eigenvalue weighted by Gasteiger charge is -2.28. The first-order valence-corrected chi connectivity index (χ1v) is 16.9. The van der Waals surface area contributed by atoms with Gasteiger partial charge in [-0.2, -0.15) is 8.42 Å². The Morgan fingerprint density at radius 2 is 1.32 bits per heavy atom. The van der Waals surface area contributed by atoms with Gasteiger partial charge in [-0.3, -0.25) is 8.75 Å². The molecule has 1 unspecified atom stereocenters. The first-order valence-electron chi connectivity index (χ1n) is 13.8. The molecule has 0 amide bonds. The van der Waals surface area contributed by atoms with E-state index in [9.17, 15) is 13.0 Å². The third kappa shape index (κ3) is 8.76. The molecule has 0 heterocycles. The van der Waals surface area contributed by atoms with Crippen LogP contribution in [0.1, 0.15) is 83.3 Å². The zero-order valence-electron chi connectivity index (χ0n) is 22.6. The molecule has 2 aromatic rings. The van der Waals surface area contributed by atoms with Gasteiger partial charge in [0.15, 0.2) is 4.99 Å². The molecule has 1 saturated carbocycles. The molecule has 0 N–H and O–H groups in total. The number of hydrogen-bond acceptors (Lipinski definition) is 6. The molecule has 1 fully saturated rings. The molecule has 3 rings (SSSR count). The van der Waals surface area contributed by atoms with Crippen molar-refractivity contribution in [2.45, 2.75) is 96.1 Å². The van der Waals surface area contributed by atoms with E-state index in [4.69, 9.17) is 13.2 Å². The van der Waals surface area contributed by atoms with Gasteiger partial charge in [0, 0.05) is 0 Å². The van der Waals surface area contributed by atoms with Crippen molar-refractivity contribution >= 4 is 17.7 Å². The van der Waals surface area contributed by atoms with E-state index in [1.54, 1.807) is 13.8 Å². The lowest BCUT2D eigenvalue weighted by atomic mass is 9.98. The molecular formula is C29H43O6PS. The summed E-state index contributed by atoms with van der Waals surface area (Å²) in [5.41, 5.74) is 4.76. The summed E-state index contributed by atoms with van der Waals surface area (Å²) in [7, 11) is -8.05. The number of benzene rings is 2. The van der Waals surface area contributed by atoms with Crippen LogP contribution in [0.3, 0.4) is 0 Å². The van der Waals surface area contributed by atoms with E-state index in [2.05, 4.69) is 55.5 Å². The lowest BCUT2D eigenvalue weighted by molar-refractivity contribution is 0.158. The van der Waals surface area contributed by atoms with E-state index < -0.39 is 22.7 Å². The molecule has 0 radical (unpaired) electrons. The first-order chi connectivity index (χ1) is 17.8. The number of rotatable bonds is 15. The molecule has 1 aliphatic carbocycles. The summed E-state index contributed by atoms with van der Waals surface area (Å²) in [4.78, 5) is -1.33. The van der Waals surface area contributed by atoms with Crippen LogP contribution >= 0.6 is 7.60 Å². The fraction of sp³-hybridized carbons (Fsp3) is 0.586. The summed E-state index contributed by atoms with van der Waals surface area (Å²) in [6.45, 7) is 5.77. The number of aryl methyl sites for hydroxylation is 2. The van der Waals surface area contributed by atoms with Crippen LogP contribution in [0.25, 0.3) is 11.1 Å². The highest BCUT2D eigenvalue weighted by atomic mass is 32.2. The predicted molar refractivity (Wildman–Crippen MR) is 150 cm³/mol. The van der Waals surface area contributed by atoms with Crippen molar-refractivity contribution in [3.05, 3.63) is 59.7 Å². The number of hydrogen-bond donors (Lipinski definition) is 0. The summed E-state index contributed by atoms with van der Waals surface area (Å²) in [6, 6.07) is 17.0. The van der Waals surface area contributed by atoms with Crippen molar-refractivity contribution in [2.75, 3.05) is 13.2 Å². The Bertz CT molecular complexity index is 1080. The fourth-order valence-electron chi connectivity index (χ4n) is 4.94. The average Bonchev–Trinajstić information content (AvgIpc) is 2.88. The first kappa shape index (κ1) is 30.0. The van der Waals surface area contributed by atoms with Crippen molar-refractivity contribution in [2.24, 2.45) is 0 Å². The quantitative estimate of drug-likeness (QED) is 0.166. The van der Waals surface area contributed by atoms with Crippen molar-refractivity contribution in [3.63, 3.8) is 0 Å². The van der Waals surface area contributed by atoms with Crippen LogP contribution in [0.5, 0.6) is 0 Å². The molecule has 37 heavy (non-hydrogen) atoms. The Labute approximate surface area is 223 Å². The minimum atomic E-state index is -4.14. The van der Waals surface area contributed by atoms with Gasteiger partial charge in [-0.25, -0.2) is 0 Å². The van der Waals surface area contributed by atoms with Crippen LogP contribution in [0.4, 0.5) is 0 Å². The molecular weight excluding hydrogens is 507 g/mol. The Hall–Kier alpha value is -1.50. The van der Waals surface area contributed by atoms with Gasteiger partial charge in [0.25, 0.3) is 10.1 Å². The zero-order valence-corrected chi connectivity index (χ0v) is 24.3. The van der Waals surface area contributed by atoms with Crippen molar-refractivity contribution in [1.29, 1.82) is 0 Å². The molecule has 0 aliphatic heterocycles. The molecule has 0 saturated heterocycles.